The van der Waals surface area contributed by atoms with Crippen molar-refractivity contribution in [1.82, 2.24) is 4.57 Å². The standard InChI is InChI=1S/C9H13N2O7P/c1-5-4-6(12)11(2-3-18-19(15,16)17)9(14)7(5)8(10)13/h4,12H,2-3H2,1H3,(H2,10,13)(H2,15,16,17). The second kappa shape index (κ2) is 5.54. The Labute approximate surface area is 107 Å². The first-order valence-electron chi connectivity index (χ1n) is 5.07. The minimum absolute atomic E-state index is 0.210. The van der Waals surface area contributed by atoms with Gasteiger partial charge in [0.2, 0.25) is 0 Å². The van der Waals surface area contributed by atoms with Crippen LogP contribution in [0.4, 0.5) is 0 Å². The van der Waals surface area contributed by atoms with E-state index >= 15 is 0 Å². The fourth-order valence-electron chi connectivity index (χ4n) is 1.52. The smallest absolute Gasteiger partial charge is 0.469 e. The lowest BCUT2D eigenvalue weighted by Gasteiger charge is -2.12. The van der Waals surface area contributed by atoms with Crippen LogP contribution in [0.5, 0.6) is 5.88 Å². The largest absolute Gasteiger partial charge is 0.494 e. The van der Waals surface area contributed by atoms with Crippen LogP contribution in [0.3, 0.4) is 0 Å². The number of phosphoric acid groups is 1. The Kier molecular flexibility index (Phi) is 4.48. The molecule has 0 saturated heterocycles. The van der Waals surface area contributed by atoms with E-state index in [2.05, 4.69) is 4.52 Å². The molecule has 1 heterocycles. The van der Waals surface area contributed by atoms with E-state index in [1.807, 2.05) is 0 Å². The maximum absolute atomic E-state index is 11.9. The molecule has 0 aliphatic carbocycles. The number of hydrogen-bond acceptors (Lipinski definition) is 5. The number of aromatic hydroxyl groups is 1. The van der Waals surface area contributed by atoms with Crippen molar-refractivity contribution in [3.8, 4) is 5.88 Å². The Morgan fingerprint density at radius 3 is 2.58 bits per heavy atom. The summed E-state index contributed by atoms with van der Waals surface area (Å²) < 4.78 is 15.4. The van der Waals surface area contributed by atoms with Crippen molar-refractivity contribution >= 4 is 13.7 Å². The molecule has 0 spiro atoms. The van der Waals surface area contributed by atoms with Crippen LogP contribution in [0, 0.1) is 6.92 Å². The lowest BCUT2D eigenvalue weighted by atomic mass is 10.1. The van der Waals surface area contributed by atoms with Gasteiger partial charge in [-0.2, -0.15) is 0 Å². The number of phosphoric ester groups is 1. The van der Waals surface area contributed by atoms with Crippen LogP contribution in [-0.2, 0) is 15.6 Å². The van der Waals surface area contributed by atoms with Gasteiger partial charge in [-0.15, -0.1) is 0 Å². The summed E-state index contributed by atoms with van der Waals surface area (Å²) in [6.45, 7) is 0.576. The Morgan fingerprint density at radius 1 is 1.53 bits per heavy atom. The lowest BCUT2D eigenvalue weighted by Crippen LogP contribution is -2.31. The average Bonchev–Trinajstić information content (AvgIpc) is 2.20. The Hall–Kier alpha value is -1.67. The number of pyridine rings is 1. The van der Waals surface area contributed by atoms with E-state index in [1.54, 1.807) is 0 Å². The molecule has 1 amide bonds. The number of carbonyl (C=O) groups excluding carboxylic acids is 1. The van der Waals surface area contributed by atoms with Crippen molar-refractivity contribution in [2.24, 2.45) is 5.73 Å². The zero-order valence-corrected chi connectivity index (χ0v) is 10.8. The molecule has 19 heavy (non-hydrogen) atoms. The number of hydrogen-bond donors (Lipinski definition) is 4. The van der Waals surface area contributed by atoms with E-state index in [-0.39, 0.29) is 17.7 Å². The van der Waals surface area contributed by atoms with Crippen LogP contribution < -0.4 is 11.3 Å². The van der Waals surface area contributed by atoms with Crippen molar-refractivity contribution < 1.29 is 28.8 Å². The topological polar surface area (TPSA) is 152 Å². The number of aromatic nitrogens is 1. The van der Waals surface area contributed by atoms with E-state index in [0.717, 1.165) is 10.6 Å². The number of rotatable bonds is 5. The predicted octanol–water partition coefficient (Wildman–Crippen LogP) is -0.929. The van der Waals surface area contributed by atoms with Crippen molar-refractivity contribution in [2.75, 3.05) is 6.61 Å². The van der Waals surface area contributed by atoms with E-state index < -0.39 is 31.8 Å². The highest BCUT2D eigenvalue weighted by Crippen LogP contribution is 2.35. The quantitative estimate of drug-likeness (QED) is 0.511. The highest BCUT2D eigenvalue weighted by molar-refractivity contribution is 7.46. The third kappa shape index (κ3) is 3.90. The van der Waals surface area contributed by atoms with Gasteiger partial charge in [0.15, 0.2) is 5.88 Å². The van der Waals surface area contributed by atoms with E-state index in [0.29, 0.717) is 0 Å². The fraction of sp³-hybridized carbons (Fsp3) is 0.333. The predicted molar refractivity (Wildman–Crippen MR) is 63.6 cm³/mol. The van der Waals surface area contributed by atoms with Gasteiger partial charge < -0.3 is 20.6 Å². The molecule has 0 atom stereocenters. The van der Waals surface area contributed by atoms with Crippen molar-refractivity contribution in [3.05, 3.63) is 27.5 Å². The molecule has 0 unspecified atom stereocenters. The summed E-state index contributed by atoms with van der Waals surface area (Å²) in [6.07, 6.45) is 0. The molecule has 0 aliphatic rings. The van der Waals surface area contributed by atoms with Gasteiger partial charge in [-0.25, -0.2) is 4.57 Å². The molecule has 0 fully saturated rings. The molecule has 106 valence electrons. The summed E-state index contributed by atoms with van der Waals surface area (Å²) in [7, 11) is -4.66. The maximum atomic E-state index is 11.9. The van der Waals surface area contributed by atoms with Gasteiger partial charge in [0.05, 0.1) is 13.2 Å². The number of nitrogens with two attached hydrogens (primary N) is 1. The third-order valence-electron chi connectivity index (χ3n) is 2.30. The number of amides is 1. The summed E-state index contributed by atoms with van der Waals surface area (Å²) in [5.74, 6) is -1.41. The average molecular weight is 292 g/mol. The molecule has 0 aromatic carbocycles. The molecule has 9 nitrogen and oxygen atoms in total. The first-order valence-corrected chi connectivity index (χ1v) is 6.60. The summed E-state index contributed by atoms with van der Waals surface area (Å²) in [4.78, 5) is 39.9. The zero-order valence-electron chi connectivity index (χ0n) is 9.94. The second-order valence-corrected chi connectivity index (χ2v) is 4.94. The molecular weight excluding hydrogens is 279 g/mol. The highest BCUT2D eigenvalue weighted by atomic mass is 31.2. The first-order chi connectivity index (χ1) is 8.63. The van der Waals surface area contributed by atoms with Crippen LogP contribution in [0.1, 0.15) is 15.9 Å². The first kappa shape index (κ1) is 15.4. The second-order valence-electron chi connectivity index (χ2n) is 3.71. The minimum Gasteiger partial charge on any atom is -0.494 e. The molecule has 1 rings (SSSR count). The molecule has 10 heteroatoms. The lowest BCUT2D eigenvalue weighted by molar-refractivity contribution is 0.0996. The molecular formula is C9H13N2O7P. The molecule has 0 bridgehead atoms. The van der Waals surface area contributed by atoms with Gasteiger partial charge in [-0.05, 0) is 12.5 Å². The van der Waals surface area contributed by atoms with Crippen LogP contribution in [-0.4, -0.2) is 32.0 Å². The third-order valence-corrected chi connectivity index (χ3v) is 2.82. The molecule has 0 aliphatic heterocycles. The highest BCUT2D eigenvalue weighted by Gasteiger charge is 2.18. The molecule has 1 aromatic rings. The molecule has 5 N–H and O–H groups in total. The van der Waals surface area contributed by atoms with Crippen molar-refractivity contribution in [1.29, 1.82) is 0 Å². The van der Waals surface area contributed by atoms with Crippen LogP contribution in [0.15, 0.2) is 10.9 Å². The van der Waals surface area contributed by atoms with Crippen LogP contribution in [0.25, 0.3) is 0 Å². The normalized spacial score (nSPS) is 11.5. The van der Waals surface area contributed by atoms with Crippen LogP contribution in [0.2, 0.25) is 0 Å². The number of primary amides is 1. The minimum atomic E-state index is -4.66. The van der Waals surface area contributed by atoms with Crippen molar-refractivity contribution in [3.63, 3.8) is 0 Å². The van der Waals surface area contributed by atoms with E-state index in [4.69, 9.17) is 15.5 Å². The van der Waals surface area contributed by atoms with Gasteiger partial charge in [-0.1, -0.05) is 0 Å². The fourth-order valence-corrected chi connectivity index (χ4v) is 1.84. The van der Waals surface area contributed by atoms with E-state index in [9.17, 15) is 19.3 Å². The number of aryl methyl sites for hydroxylation is 1. The Balaban J connectivity index is 3.08. The van der Waals surface area contributed by atoms with Gasteiger partial charge in [0.1, 0.15) is 5.56 Å². The van der Waals surface area contributed by atoms with Crippen LogP contribution >= 0.6 is 7.82 Å². The molecule has 1 aromatic heterocycles. The number of carbonyl (C=O) groups is 1. The van der Waals surface area contributed by atoms with Gasteiger partial charge in [0.25, 0.3) is 11.5 Å². The maximum Gasteiger partial charge on any atom is 0.469 e. The summed E-state index contributed by atoms with van der Waals surface area (Å²) in [5, 5.41) is 9.57. The summed E-state index contributed by atoms with van der Waals surface area (Å²) >= 11 is 0. The van der Waals surface area contributed by atoms with E-state index in [1.165, 1.54) is 6.92 Å². The SMILES string of the molecule is Cc1cc(O)n(CCOP(=O)(O)O)c(=O)c1C(N)=O. The Bertz CT molecular complexity index is 603. The molecule has 0 radical (unpaired) electrons. The van der Waals surface area contributed by atoms with Gasteiger partial charge in [0, 0.05) is 6.07 Å². The summed E-state index contributed by atoms with van der Waals surface area (Å²) in [5.41, 5.74) is 4.11. The monoisotopic (exact) mass is 292 g/mol. The zero-order chi connectivity index (χ0) is 14.8. The number of nitrogens with zero attached hydrogens (tertiary/aromatic N) is 1. The Morgan fingerprint density at radius 2 is 2.11 bits per heavy atom. The van der Waals surface area contributed by atoms with Crippen molar-refractivity contribution in [2.45, 2.75) is 13.5 Å². The van der Waals surface area contributed by atoms with Gasteiger partial charge >= 0.3 is 7.82 Å². The van der Waals surface area contributed by atoms with Gasteiger partial charge in [-0.3, -0.25) is 18.7 Å². The summed E-state index contributed by atoms with van der Waals surface area (Å²) in [6, 6.07) is 1.15. The molecule has 0 saturated carbocycles.